The minimum atomic E-state index is -0.834. The highest BCUT2D eigenvalue weighted by Crippen LogP contribution is 2.57. The second kappa shape index (κ2) is 5.07. The van der Waals surface area contributed by atoms with Crippen LogP contribution in [0, 0.1) is 17.8 Å². The Hall–Kier alpha value is -1.06. The highest BCUT2D eigenvalue weighted by atomic mass is 16.4. The van der Waals surface area contributed by atoms with Crippen molar-refractivity contribution in [3.05, 3.63) is 0 Å². The van der Waals surface area contributed by atoms with Gasteiger partial charge in [0, 0.05) is 12.0 Å². The van der Waals surface area contributed by atoms with Crippen LogP contribution in [0.2, 0.25) is 0 Å². The zero-order valence-corrected chi connectivity index (χ0v) is 10.3. The van der Waals surface area contributed by atoms with Crippen LogP contribution in [0.4, 0.5) is 0 Å². The van der Waals surface area contributed by atoms with Crippen molar-refractivity contribution in [2.45, 2.75) is 51.5 Å². The first-order valence-electron chi connectivity index (χ1n) is 6.65. The van der Waals surface area contributed by atoms with E-state index in [-0.39, 0.29) is 24.3 Å². The Balaban J connectivity index is 1.81. The number of carboxylic acid groups (broad SMARTS) is 1. The predicted molar refractivity (Wildman–Crippen MR) is 63.4 cm³/mol. The first-order valence-corrected chi connectivity index (χ1v) is 6.65. The van der Waals surface area contributed by atoms with Crippen LogP contribution in [0.1, 0.15) is 45.4 Å². The minimum absolute atomic E-state index is 0.0433. The highest BCUT2D eigenvalue weighted by Gasteiger charge is 2.56. The standard InChI is InChI=1S/C13H21NO3/c1-2-4-8(7-11(15)16)14-13(17)12-9-5-3-6-10(9)12/h8-10,12H,2-7H2,1H3,(H,14,17)(H,15,16). The van der Waals surface area contributed by atoms with Crippen LogP contribution in [0.15, 0.2) is 0 Å². The molecule has 17 heavy (non-hydrogen) atoms. The van der Waals surface area contributed by atoms with E-state index in [1.165, 1.54) is 19.3 Å². The second-order valence-corrected chi connectivity index (χ2v) is 5.38. The molecule has 96 valence electrons. The van der Waals surface area contributed by atoms with E-state index in [1.54, 1.807) is 0 Å². The summed E-state index contributed by atoms with van der Waals surface area (Å²) in [4.78, 5) is 22.7. The maximum atomic E-state index is 12.0. The molecular formula is C13H21NO3. The van der Waals surface area contributed by atoms with Crippen molar-refractivity contribution >= 4 is 11.9 Å². The smallest absolute Gasteiger partial charge is 0.305 e. The van der Waals surface area contributed by atoms with Crippen LogP contribution in [0.5, 0.6) is 0 Å². The Labute approximate surface area is 102 Å². The summed E-state index contributed by atoms with van der Waals surface area (Å²) in [7, 11) is 0. The molecule has 4 nitrogen and oxygen atoms in total. The summed E-state index contributed by atoms with van der Waals surface area (Å²) < 4.78 is 0. The van der Waals surface area contributed by atoms with Gasteiger partial charge in [0.2, 0.25) is 5.91 Å². The molecule has 0 aliphatic heterocycles. The van der Waals surface area contributed by atoms with E-state index < -0.39 is 5.97 Å². The van der Waals surface area contributed by atoms with Gasteiger partial charge in [0.15, 0.2) is 0 Å². The van der Waals surface area contributed by atoms with Gasteiger partial charge < -0.3 is 10.4 Å². The number of fused-ring (bicyclic) bond motifs is 1. The number of carbonyl (C=O) groups is 2. The number of carboxylic acids is 1. The molecule has 0 aromatic heterocycles. The molecule has 2 rings (SSSR count). The highest BCUT2D eigenvalue weighted by molar-refractivity contribution is 5.83. The molecule has 2 saturated carbocycles. The molecule has 0 bridgehead atoms. The van der Waals surface area contributed by atoms with E-state index in [4.69, 9.17) is 5.11 Å². The summed E-state index contributed by atoms with van der Waals surface area (Å²) in [5, 5.41) is 11.7. The van der Waals surface area contributed by atoms with Gasteiger partial charge in [-0.1, -0.05) is 19.8 Å². The third kappa shape index (κ3) is 2.79. The van der Waals surface area contributed by atoms with Crippen molar-refractivity contribution in [2.24, 2.45) is 17.8 Å². The Bertz CT molecular complexity index is 306. The Kier molecular flexibility index (Phi) is 3.69. The van der Waals surface area contributed by atoms with E-state index in [0.717, 1.165) is 12.8 Å². The molecule has 0 radical (unpaired) electrons. The molecule has 3 atom stereocenters. The maximum absolute atomic E-state index is 12.0. The summed E-state index contributed by atoms with van der Waals surface area (Å²) in [5.74, 6) is 0.653. The van der Waals surface area contributed by atoms with Crippen LogP contribution in [0.25, 0.3) is 0 Å². The zero-order valence-electron chi connectivity index (χ0n) is 10.3. The third-order valence-electron chi connectivity index (χ3n) is 4.11. The summed E-state index contributed by atoms with van der Waals surface area (Å²) in [6.45, 7) is 2.01. The molecule has 2 fully saturated rings. The van der Waals surface area contributed by atoms with E-state index in [9.17, 15) is 9.59 Å². The van der Waals surface area contributed by atoms with E-state index in [0.29, 0.717) is 11.8 Å². The fourth-order valence-corrected chi connectivity index (χ4v) is 3.29. The van der Waals surface area contributed by atoms with Crippen LogP contribution >= 0.6 is 0 Å². The van der Waals surface area contributed by atoms with Gasteiger partial charge >= 0.3 is 5.97 Å². The molecule has 2 aliphatic carbocycles. The molecule has 2 aliphatic rings. The van der Waals surface area contributed by atoms with Gasteiger partial charge in [-0.3, -0.25) is 9.59 Å². The Morgan fingerprint density at radius 3 is 2.53 bits per heavy atom. The van der Waals surface area contributed by atoms with Crippen molar-refractivity contribution in [1.29, 1.82) is 0 Å². The third-order valence-corrected chi connectivity index (χ3v) is 4.11. The topological polar surface area (TPSA) is 66.4 Å². The molecule has 1 amide bonds. The first kappa shape index (κ1) is 12.4. The number of aliphatic carboxylic acids is 1. The SMILES string of the molecule is CCCC(CC(=O)O)NC(=O)C1C2CCCC21. The minimum Gasteiger partial charge on any atom is -0.481 e. The number of rotatable bonds is 6. The molecule has 0 aromatic carbocycles. The normalized spacial score (nSPS) is 31.7. The summed E-state index contributed by atoms with van der Waals surface area (Å²) in [6.07, 6.45) is 5.31. The molecule has 0 spiro atoms. The summed E-state index contributed by atoms with van der Waals surface area (Å²) in [5.41, 5.74) is 0. The van der Waals surface area contributed by atoms with E-state index in [1.807, 2.05) is 6.92 Å². The van der Waals surface area contributed by atoms with Crippen LogP contribution in [-0.2, 0) is 9.59 Å². The summed E-state index contributed by atoms with van der Waals surface area (Å²) in [6, 6.07) is -0.189. The lowest BCUT2D eigenvalue weighted by atomic mass is 10.1. The Morgan fingerprint density at radius 1 is 1.35 bits per heavy atom. The lowest BCUT2D eigenvalue weighted by Gasteiger charge is -2.16. The van der Waals surface area contributed by atoms with Crippen LogP contribution in [0.3, 0.4) is 0 Å². The molecule has 3 unspecified atom stereocenters. The van der Waals surface area contributed by atoms with E-state index >= 15 is 0 Å². The molecule has 0 aromatic rings. The quantitative estimate of drug-likeness (QED) is 0.742. The number of hydrogen-bond donors (Lipinski definition) is 2. The predicted octanol–water partition coefficient (Wildman–Crippen LogP) is 1.79. The Morgan fingerprint density at radius 2 is 2.00 bits per heavy atom. The van der Waals surface area contributed by atoms with Gasteiger partial charge in [-0.15, -0.1) is 0 Å². The number of amides is 1. The number of carbonyl (C=O) groups excluding carboxylic acids is 1. The lowest BCUT2D eigenvalue weighted by molar-refractivity contribution is -0.137. The fourth-order valence-electron chi connectivity index (χ4n) is 3.29. The van der Waals surface area contributed by atoms with Gasteiger partial charge in [-0.2, -0.15) is 0 Å². The van der Waals surface area contributed by atoms with Crippen molar-refractivity contribution in [3.63, 3.8) is 0 Å². The van der Waals surface area contributed by atoms with Crippen LogP contribution < -0.4 is 5.32 Å². The van der Waals surface area contributed by atoms with Crippen molar-refractivity contribution < 1.29 is 14.7 Å². The van der Waals surface area contributed by atoms with Gasteiger partial charge in [0.1, 0.15) is 0 Å². The van der Waals surface area contributed by atoms with Crippen molar-refractivity contribution in [3.8, 4) is 0 Å². The summed E-state index contributed by atoms with van der Waals surface area (Å²) >= 11 is 0. The van der Waals surface area contributed by atoms with Gasteiger partial charge in [0.25, 0.3) is 0 Å². The average Bonchev–Trinajstić information content (AvgIpc) is 2.72. The fraction of sp³-hybridized carbons (Fsp3) is 0.846. The number of nitrogens with one attached hydrogen (secondary N) is 1. The van der Waals surface area contributed by atoms with Crippen molar-refractivity contribution in [1.82, 2.24) is 5.32 Å². The van der Waals surface area contributed by atoms with E-state index in [2.05, 4.69) is 5.32 Å². The molecule has 2 N–H and O–H groups in total. The van der Waals surface area contributed by atoms with Gasteiger partial charge in [-0.25, -0.2) is 0 Å². The number of hydrogen-bond acceptors (Lipinski definition) is 2. The maximum Gasteiger partial charge on any atom is 0.305 e. The molecular weight excluding hydrogens is 218 g/mol. The van der Waals surface area contributed by atoms with Gasteiger partial charge in [0.05, 0.1) is 6.42 Å². The monoisotopic (exact) mass is 239 g/mol. The average molecular weight is 239 g/mol. The molecule has 0 saturated heterocycles. The first-order chi connectivity index (χ1) is 8.13. The largest absolute Gasteiger partial charge is 0.481 e. The lowest BCUT2D eigenvalue weighted by Crippen LogP contribution is -2.38. The molecule has 0 heterocycles. The second-order valence-electron chi connectivity index (χ2n) is 5.38. The van der Waals surface area contributed by atoms with Gasteiger partial charge in [-0.05, 0) is 31.1 Å². The van der Waals surface area contributed by atoms with Crippen molar-refractivity contribution in [2.75, 3.05) is 0 Å². The molecule has 4 heteroatoms. The zero-order chi connectivity index (χ0) is 12.4. The van der Waals surface area contributed by atoms with Crippen LogP contribution in [-0.4, -0.2) is 23.0 Å².